The molecule has 0 fully saturated rings. The molecule has 1 aliphatic rings. The molecule has 2 atom stereocenters. The van der Waals surface area contributed by atoms with E-state index >= 15 is 0 Å². The van der Waals surface area contributed by atoms with E-state index in [0.717, 1.165) is 28.8 Å². The van der Waals surface area contributed by atoms with Gasteiger partial charge >= 0.3 is 0 Å². The van der Waals surface area contributed by atoms with E-state index in [1.807, 2.05) is 19.9 Å². The van der Waals surface area contributed by atoms with Crippen molar-refractivity contribution < 1.29 is 4.79 Å². The fraction of sp³-hybridized carbons (Fsp3) is 0.562. The lowest BCUT2D eigenvalue weighted by atomic mass is 9.81. The molecular weight excluding hydrogens is 272 g/mol. The second-order valence-corrected chi connectivity index (χ2v) is 7.04. The third-order valence-electron chi connectivity index (χ3n) is 4.17. The van der Waals surface area contributed by atoms with Crippen molar-refractivity contribution in [1.29, 1.82) is 0 Å². The molecule has 2 rings (SSSR count). The topological polar surface area (TPSA) is 55.1 Å². The standard InChI is InChI=1S/C16H23ClN2O/c1-6-9-10-7-11(14(18)16(3,4)5)12(17)8(2)13(10)19-15(9)20/h7,9,14H,6,18H2,1-5H3,(H,19,20). The third-order valence-corrected chi connectivity index (χ3v) is 4.68. The summed E-state index contributed by atoms with van der Waals surface area (Å²) < 4.78 is 0. The maximum Gasteiger partial charge on any atom is 0.232 e. The number of anilines is 1. The highest BCUT2D eigenvalue weighted by Gasteiger charge is 2.34. The molecule has 4 heteroatoms. The van der Waals surface area contributed by atoms with Gasteiger partial charge in [0.1, 0.15) is 0 Å². The predicted octanol–water partition coefficient (Wildman–Crippen LogP) is 4.14. The van der Waals surface area contributed by atoms with Crippen molar-refractivity contribution in [2.45, 2.75) is 53.0 Å². The molecule has 0 saturated carbocycles. The van der Waals surface area contributed by atoms with Crippen LogP contribution in [0.1, 0.15) is 62.8 Å². The van der Waals surface area contributed by atoms with Gasteiger partial charge in [0.05, 0.1) is 10.9 Å². The zero-order valence-electron chi connectivity index (χ0n) is 12.8. The molecule has 3 N–H and O–H groups in total. The molecule has 1 aliphatic heterocycles. The summed E-state index contributed by atoms with van der Waals surface area (Å²) in [5, 5.41) is 3.62. The minimum absolute atomic E-state index is 0.0585. The summed E-state index contributed by atoms with van der Waals surface area (Å²) in [6, 6.07) is 1.86. The lowest BCUT2D eigenvalue weighted by molar-refractivity contribution is -0.117. The number of nitrogens with two attached hydrogens (primary N) is 1. The van der Waals surface area contributed by atoms with Gasteiger partial charge in [-0.05, 0) is 41.5 Å². The number of carbonyl (C=O) groups is 1. The van der Waals surface area contributed by atoms with Gasteiger partial charge in [0.2, 0.25) is 5.91 Å². The van der Waals surface area contributed by atoms with Gasteiger partial charge in [0.15, 0.2) is 0 Å². The number of nitrogens with one attached hydrogen (secondary N) is 1. The second kappa shape index (κ2) is 5.05. The summed E-state index contributed by atoms with van der Waals surface area (Å²) in [4.78, 5) is 12.0. The fourth-order valence-electron chi connectivity index (χ4n) is 2.74. The molecule has 1 amide bonds. The minimum Gasteiger partial charge on any atom is -0.325 e. The summed E-state index contributed by atoms with van der Waals surface area (Å²) >= 11 is 6.49. The van der Waals surface area contributed by atoms with Crippen LogP contribution in [0.25, 0.3) is 0 Å². The van der Waals surface area contributed by atoms with E-state index in [2.05, 4.69) is 26.1 Å². The average molecular weight is 295 g/mol. The van der Waals surface area contributed by atoms with Gasteiger partial charge < -0.3 is 11.1 Å². The largest absolute Gasteiger partial charge is 0.325 e. The van der Waals surface area contributed by atoms with Crippen LogP contribution in [0, 0.1) is 12.3 Å². The fourth-order valence-corrected chi connectivity index (χ4v) is 3.00. The molecule has 1 aromatic rings. The zero-order valence-corrected chi connectivity index (χ0v) is 13.6. The average Bonchev–Trinajstić information content (AvgIpc) is 2.67. The predicted molar refractivity (Wildman–Crippen MR) is 84.2 cm³/mol. The molecule has 2 unspecified atom stereocenters. The summed E-state index contributed by atoms with van der Waals surface area (Å²) in [7, 11) is 0. The first-order valence-corrected chi connectivity index (χ1v) is 7.45. The van der Waals surface area contributed by atoms with Gasteiger partial charge in [0, 0.05) is 11.7 Å². The van der Waals surface area contributed by atoms with Crippen molar-refractivity contribution in [2.24, 2.45) is 11.1 Å². The van der Waals surface area contributed by atoms with Crippen LogP contribution >= 0.6 is 11.6 Å². The Balaban J connectivity index is 2.61. The smallest absolute Gasteiger partial charge is 0.232 e. The molecule has 0 saturated heterocycles. The van der Waals surface area contributed by atoms with Crippen LogP contribution in [-0.4, -0.2) is 5.91 Å². The highest BCUT2D eigenvalue weighted by molar-refractivity contribution is 6.33. The van der Waals surface area contributed by atoms with E-state index in [9.17, 15) is 4.79 Å². The molecule has 0 radical (unpaired) electrons. The molecule has 3 nitrogen and oxygen atoms in total. The Bertz CT molecular complexity index is 561. The van der Waals surface area contributed by atoms with Crippen LogP contribution in [0.3, 0.4) is 0 Å². The van der Waals surface area contributed by atoms with Crippen LogP contribution in [0.2, 0.25) is 5.02 Å². The monoisotopic (exact) mass is 294 g/mol. The van der Waals surface area contributed by atoms with E-state index < -0.39 is 0 Å². The lowest BCUT2D eigenvalue weighted by Gasteiger charge is -2.29. The summed E-state index contributed by atoms with van der Waals surface area (Å²) in [5.74, 6) is -0.0324. The summed E-state index contributed by atoms with van der Waals surface area (Å²) in [6.45, 7) is 10.2. The molecule has 0 aromatic heterocycles. The molecular formula is C16H23ClN2O. The molecule has 0 bridgehead atoms. The van der Waals surface area contributed by atoms with Gasteiger partial charge in [-0.1, -0.05) is 39.3 Å². The van der Waals surface area contributed by atoms with Gasteiger partial charge in [-0.25, -0.2) is 0 Å². The molecule has 1 heterocycles. The van der Waals surface area contributed by atoms with E-state index in [-0.39, 0.29) is 23.3 Å². The van der Waals surface area contributed by atoms with Gasteiger partial charge in [-0.3, -0.25) is 4.79 Å². The number of amides is 1. The second-order valence-electron chi connectivity index (χ2n) is 6.66. The van der Waals surface area contributed by atoms with Gasteiger partial charge in [-0.15, -0.1) is 0 Å². The number of rotatable bonds is 2. The number of halogens is 1. The van der Waals surface area contributed by atoms with Crippen LogP contribution in [0.15, 0.2) is 6.07 Å². The SMILES string of the molecule is CCC1C(=O)Nc2c1cc(C(N)C(C)(C)C)c(Cl)c2C. The van der Waals surface area contributed by atoms with Crippen LogP contribution in [-0.2, 0) is 4.79 Å². The Morgan fingerprint density at radius 2 is 2.05 bits per heavy atom. The first kappa shape index (κ1) is 15.3. The van der Waals surface area contributed by atoms with Crippen molar-refractivity contribution in [3.8, 4) is 0 Å². The third kappa shape index (κ3) is 2.33. The number of fused-ring (bicyclic) bond motifs is 1. The number of carbonyl (C=O) groups excluding carboxylic acids is 1. The maximum absolute atomic E-state index is 12.0. The maximum atomic E-state index is 12.0. The Kier molecular flexibility index (Phi) is 3.87. The minimum atomic E-state index is -0.160. The number of benzene rings is 1. The summed E-state index contributed by atoms with van der Waals surface area (Å²) in [6.07, 6.45) is 0.782. The van der Waals surface area contributed by atoms with E-state index in [1.54, 1.807) is 0 Å². The Morgan fingerprint density at radius 1 is 1.45 bits per heavy atom. The van der Waals surface area contributed by atoms with Crippen molar-refractivity contribution in [1.82, 2.24) is 0 Å². The zero-order chi connectivity index (χ0) is 15.2. The normalized spacial score (nSPS) is 19.8. The van der Waals surface area contributed by atoms with Crippen molar-refractivity contribution in [2.75, 3.05) is 5.32 Å². The first-order valence-electron chi connectivity index (χ1n) is 7.07. The van der Waals surface area contributed by atoms with Crippen LogP contribution < -0.4 is 11.1 Å². The van der Waals surface area contributed by atoms with E-state index in [1.165, 1.54) is 0 Å². The van der Waals surface area contributed by atoms with Crippen molar-refractivity contribution >= 4 is 23.2 Å². The van der Waals surface area contributed by atoms with Crippen LogP contribution in [0.5, 0.6) is 0 Å². The highest BCUT2D eigenvalue weighted by atomic mass is 35.5. The molecule has 0 spiro atoms. The quantitative estimate of drug-likeness (QED) is 0.861. The number of hydrogen-bond donors (Lipinski definition) is 2. The van der Waals surface area contributed by atoms with Gasteiger partial charge in [-0.2, -0.15) is 0 Å². The van der Waals surface area contributed by atoms with Crippen LogP contribution in [0.4, 0.5) is 5.69 Å². The molecule has 1 aromatic carbocycles. The number of hydrogen-bond acceptors (Lipinski definition) is 2. The van der Waals surface area contributed by atoms with Crippen molar-refractivity contribution in [3.63, 3.8) is 0 Å². The molecule has 20 heavy (non-hydrogen) atoms. The Labute approximate surface area is 125 Å². The van der Waals surface area contributed by atoms with Gasteiger partial charge in [0.25, 0.3) is 0 Å². The Hall–Kier alpha value is -1.06. The lowest BCUT2D eigenvalue weighted by Crippen LogP contribution is -2.27. The van der Waals surface area contributed by atoms with E-state index in [4.69, 9.17) is 17.3 Å². The molecule has 110 valence electrons. The summed E-state index contributed by atoms with van der Waals surface area (Å²) in [5.41, 5.74) is 10.0. The van der Waals surface area contributed by atoms with E-state index in [0.29, 0.717) is 5.02 Å². The van der Waals surface area contributed by atoms with Crippen molar-refractivity contribution in [3.05, 3.63) is 27.8 Å². The Morgan fingerprint density at radius 3 is 2.55 bits per heavy atom. The first-order chi connectivity index (χ1) is 9.18. The highest BCUT2D eigenvalue weighted by Crippen LogP contribution is 2.44. The molecule has 0 aliphatic carbocycles.